The zero-order valence-corrected chi connectivity index (χ0v) is 12.8. The Labute approximate surface area is 121 Å². The molecule has 3 heteroatoms. The SMILES string of the molecule is COc1cccc(Cl)c1CNC1CCCC(C)C1C. The Morgan fingerprint density at radius 2 is 2.11 bits per heavy atom. The molecule has 2 nitrogen and oxygen atoms in total. The van der Waals surface area contributed by atoms with Gasteiger partial charge in [0.2, 0.25) is 0 Å². The van der Waals surface area contributed by atoms with Crippen LogP contribution in [0, 0.1) is 11.8 Å². The Balaban J connectivity index is 2.02. The third-order valence-electron chi connectivity index (χ3n) is 4.54. The van der Waals surface area contributed by atoms with E-state index >= 15 is 0 Å². The molecule has 2 rings (SSSR count). The second-order valence-electron chi connectivity index (χ2n) is 5.68. The molecule has 1 aliphatic rings. The highest BCUT2D eigenvalue weighted by atomic mass is 35.5. The summed E-state index contributed by atoms with van der Waals surface area (Å²) in [7, 11) is 1.69. The first-order chi connectivity index (χ1) is 9.13. The van der Waals surface area contributed by atoms with Crippen LogP contribution in [0.3, 0.4) is 0 Å². The number of ether oxygens (including phenoxy) is 1. The molecule has 1 saturated carbocycles. The van der Waals surface area contributed by atoms with Gasteiger partial charge in [-0.1, -0.05) is 44.4 Å². The van der Waals surface area contributed by atoms with Crippen LogP contribution in [0.1, 0.15) is 38.7 Å². The summed E-state index contributed by atoms with van der Waals surface area (Å²) in [6.45, 7) is 5.49. The van der Waals surface area contributed by atoms with Crippen molar-refractivity contribution in [2.24, 2.45) is 11.8 Å². The van der Waals surface area contributed by atoms with Crippen LogP contribution in [0.5, 0.6) is 5.75 Å². The van der Waals surface area contributed by atoms with Gasteiger partial charge in [0.05, 0.1) is 7.11 Å². The van der Waals surface area contributed by atoms with Crippen molar-refractivity contribution in [2.75, 3.05) is 7.11 Å². The third kappa shape index (κ3) is 3.43. The molecular weight excluding hydrogens is 258 g/mol. The lowest BCUT2D eigenvalue weighted by Crippen LogP contribution is -2.40. The second kappa shape index (κ2) is 6.62. The minimum absolute atomic E-state index is 0.588. The largest absolute Gasteiger partial charge is 0.496 e. The minimum Gasteiger partial charge on any atom is -0.496 e. The molecular formula is C16H24ClNO. The van der Waals surface area contributed by atoms with Crippen LogP contribution in [0.25, 0.3) is 0 Å². The summed E-state index contributed by atoms with van der Waals surface area (Å²) >= 11 is 6.27. The maximum atomic E-state index is 6.27. The van der Waals surface area contributed by atoms with Crippen molar-refractivity contribution in [3.05, 3.63) is 28.8 Å². The smallest absolute Gasteiger partial charge is 0.124 e. The first-order valence-electron chi connectivity index (χ1n) is 7.18. The fraction of sp³-hybridized carbons (Fsp3) is 0.625. The number of nitrogens with one attached hydrogen (secondary N) is 1. The maximum absolute atomic E-state index is 6.27. The Morgan fingerprint density at radius 3 is 2.84 bits per heavy atom. The standard InChI is InChI=1S/C16H24ClNO/c1-11-6-4-8-15(12(11)2)18-10-13-14(17)7-5-9-16(13)19-3/h5,7,9,11-12,15,18H,4,6,8,10H2,1-3H3. The van der Waals surface area contributed by atoms with Crippen molar-refractivity contribution in [3.63, 3.8) is 0 Å². The quantitative estimate of drug-likeness (QED) is 0.890. The average Bonchev–Trinajstić information content (AvgIpc) is 2.41. The summed E-state index contributed by atoms with van der Waals surface area (Å²) in [6.07, 6.45) is 3.94. The van der Waals surface area contributed by atoms with E-state index < -0.39 is 0 Å². The summed E-state index contributed by atoms with van der Waals surface area (Å²) in [5.74, 6) is 2.40. The molecule has 0 saturated heterocycles. The van der Waals surface area contributed by atoms with Crippen molar-refractivity contribution in [2.45, 2.75) is 45.7 Å². The van der Waals surface area contributed by atoms with E-state index in [2.05, 4.69) is 19.2 Å². The third-order valence-corrected chi connectivity index (χ3v) is 4.90. The van der Waals surface area contributed by atoms with Gasteiger partial charge in [-0.2, -0.15) is 0 Å². The number of halogens is 1. The van der Waals surface area contributed by atoms with Crippen LogP contribution < -0.4 is 10.1 Å². The molecule has 1 fully saturated rings. The van der Waals surface area contributed by atoms with Gasteiger partial charge in [0, 0.05) is 23.2 Å². The number of rotatable bonds is 4. The molecule has 1 aliphatic carbocycles. The Hall–Kier alpha value is -0.730. The van der Waals surface area contributed by atoms with Gasteiger partial charge >= 0.3 is 0 Å². The first-order valence-corrected chi connectivity index (χ1v) is 7.56. The molecule has 106 valence electrons. The van der Waals surface area contributed by atoms with Gasteiger partial charge in [0.15, 0.2) is 0 Å². The van der Waals surface area contributed by atoms with Gasteiger partial charge in [-0.15, -0.1) is 0 Å². The first kappa shape index (κ1) is 14.7. The Morgan fingerprint density at radius 1 is 1.32 bits per heavy atom. The summed E-state index contributed by atoms with van der Waals surface area (Å²) in [4.78, 5) is 0. The molecule has 3 atom stereocenters. The fourth-order valence-electron chi connectivity index (χ4n) is 3.00. The highest BCUT2D eigenvalue weighted by Crippen LogP contribution is 2.31. The topological polar surface area (TPSA) is 21.3 Å². The van der Waals surface area contributed by atoms with Crippen molar-refractivity contribution >= 4 is 11.6 Å². The molecule has 1 aromatic rings. The molecule has 0 radical (unpaired) electrons. The fourth-order valence-corrected chi connectivity index (χ4v) is 3.24. The number of methoxy groups -OCH3 is 1. The summed E-state index contributed by atoms with van der Waals surface area (Å²) in [5, 5.41) is 4.45. The average molecular weight is 282 g/mol. The highest BCUT2D eigenvalue weighted by molar-refractivity contribution is 6.31. The van der Waals surface area contributed by atoms with Crippen molar-refractivity contribution in [1.29, 1.82) is 0 Å². The summed E-state index contributed by atoms with van der Waals surface area (Å²) in [5.41, 5.74) is 1.07. The summed E-state index contributed by atoms with van der Waals surface area (Å²) < 4.78 is 5.39. The van der Waals surface area contributed by atoms with Gasteiger partial charge in [-0.25, -0.2) is 0 Å². The van der Waals surface area contributed by atoms with E-state index in [0.29, 0.717) is 6.04 Å². The van der Waals surface area contributed by atoms with Crippen LogP contribution in [0.2, 0.25) is 5.02 Å². The van der Waals surface area contributed by atoms with E-state index in [1.165, 1.54) is 19.3 Å². The molecule has 1 aromatic carbocycles. The molecule has 0 heterocycles. The lowest BCUT2D eigenvalue weighted by atomic mass is 9.78. The van der Waals surface area contributed by atoms with Gasteiger partial charge in [-0.3, -0.25) is 0 Å². The molecule has 1 N–H and O–H groups in total. The maximum Gasteiger partial charge on any atom is 0.124 e. The highest BCUT2D eigenvalue weighted by Gasteiger charge is 2.26. The van der Waals surface area contributed by atoms with Crippen molar-refractivity contribution < 1.29 is 4.74 Å². The van der Waals surface area contributed by atoms with E-state index in [1.807, 2.05) is 18.2 Å². The van der Waals surface area contributed by atoms with E-state index in [-0.39, 0.29) is 0 Å². The van der Waals surface area contributed by atoms with E-state index in [4.69, 9.17) is 16.3 Å². The van der Waals surface area contributed by atoms with Crippen LogP contribution >= 0.6 is 11.6 Å². The minimum atomic E-state index is 0.588. The lowest BCUT2D eigenvalue weighted by molar-refractivity contribution is 0.205. The molecule has 0 spiro atoms. The molecule has 0 aromatic heterocycles. The van der Waals surface area contributed by atoms with Gasteiger partial charge < -0.3 is 10.1 Å². The van der Waals surface area contributed by atoms with Gasteiger partial charge in [0.1, 0.15) is 5.75 Å². The van der Waals surface area contributed by atoms with Crippen molar-refractivity contribution in [1.82, 2.24) is 5.32 Å². The van der Waals surface area contributed by atoms with E-state index in [1.54, 1.807) is 7.11 Å². The van der Waals surface area contributed by atoms with E-state index in [9.17, 15) is 0 Å². The molecule has 19 heavy (non-hydrogen) atoms. The zero-order chi connectivity index (χ0) is 13.8. The van der Waals surface area contributed by atoms with Gasteiger partial charge in [-0.05, 0) is 30.4 Å². The second-order valence-corrected chi connectivity index (χ2v) is 6.08. The monoisotopic (exact) mass is 281 g/mol. The van der Waals surface area contributed by atoms with E-state index in [0.717, 1.165) is 34.7 Å². The van der Waals surface area contributed by atoms with Crippen LogP contribution in [0.4, 0.5) is 0 Å². The lowest BCUT2D eigenvalue weighted by Gasteiger charge is -2.35. The van der Waals surface area contributed by atoms with Crippen LogP contribution in [0.15, 0.2) is 18.2 Å². The number of hydrogen-bond donors (Lipinski definition) is 1. The predicted molar refractivity (Wildman–Crippen MR) is 80.8 cm³/mol. The van der Waals surface area contributed by atoms with Crippen LogP contribution in [-0.2, 0) is 6.54 Å². The Bertz CT molecular complexity index is 421. The molecule has 0 bridgehead atoms. The molecule has 0 aliphatic heterocycles. The number of benzene rings is 1. The molecule has 3 unspecified atom stereocenters. The Kier molecular flexibility index (Phi) is 5.12. The summed E-state index contributed by atoms with van der Waals surface area (Å²) in [6, 6.07) is 6.41. The van der Waals surface area contributed by atoms with Crippen molar-refractivity contribution in [3.8, 4) is 5.75 Å². The molecule has 0 amide bonds. The number of hydrogen-bond acceptors (Lipinski definition) is 2. The normalized spacial score (nSPS) is 27.3. The van der Waals surface area contributed by atoms with Crippen LogP contribution in [-0.4, -0.2) is 13.2 Å². The predicted octanol–water partition coefficient (Wildman–Crippen LogP) is 4.26. The van der Waals surface area contributed by atoms with Gasteiger partial charge in [0.25, 0.3) is 0 Å². The zero-order valence-electron chi connectivity index (χ0n) is 12.1.